The topological polar surface area (TPSA) is 49.6 Å². The highest BCUT2D eigenvalue weighted by atomic mass is 35.5. The van der Waals surface area contributed by atoms with Gasteiger partial charge in [-0.25, -0.2) is 9.97 Å². The molecule has 0 bridgehead atoms. The SMILES string of the molecule is Cc1nc(-c2cccc(Cl)c2Cl)nc(C#N)c1C. The van der Waals surface area contributed by atoms with Crippen molar-refractivity contribution in [2.24, 2.45) is 0 Å². The van der Waals surface area contributed by atoms with E-state index in [-0.39, 0.29) is 0 Å². The van der Waals surface area contributed by atoms with Crippen molar-refractivity contribution in [3.63, 3.8) is 0 Å². The van der Waals surface area contributed by atoms with Crippen LogP contribution in [0.25, 0.3) is 11.4 Å². The maximum Gasteiger partial charge on any atom is 0.162 e. The highest BCUT2D eigenvalue weighted by Crippen LogP contribution is 2.32. The summed E-state index contributed by atoms with van der Waals surface area (Å²) in [7, 11) is 0. The number of nitriles is 1. The Morgan fingerprint density at radius 1 is 1.17 bits per heavy atom. The molecule has 5 heteroatoms. The minimum absolute atomic E-state index is 0.355. The van der Waals surface area contributed by atoms with Crippen molar-refractivity contribution < 1.29 is 0 Å². The molecule has 0 spiro atoms. The monoisotopic (exact) mass is 277 g/mol. The molecule has 1 aromatic heterocycles. The number of aromatic nitrogens is 2. The van der Waals surface area contributed by atoms with Crippen LogP contribution in [0.4, 0.5) is 0 Å². The third kappa shape index (κ3) is 2.17. The molecule has 18 heavy (non-hydrogen) atoms. The maximum absolute atomic E-state index is 9.04. The molecule has 1 heterocycles. The normalized spacial score (nSPS) is 10.2. The van der Waals surface area contributed by atoms with Gasteiger partial charge >= 0.3 is 0 Å². The van der Waals surface area contributed by atoms with Crippen molar-refractivity contribution in [3.8, 4) is 17.5 Å². The molecule has 90 valence electrons. The summed E-state index contributed by atoms with van der Waals surface area (Å²) < 4.78 is 0. The van der Waals surface area contributed by atoms with Gasteiger partial charge in [0.05, 0.1) is 10.0 Å². The van der Waals surface area contributed by atoms with Crippen LogP contribution in [0, 0.1) is 25.2 Å². The van der Waals surface area contributed by atoms with Crippen molar-refractivity contribution in [1.82, 2.24) is 9.97 Å². The van der Waals surface area contributed by atoms with Crippen LogP contribution in [-0.2, 0) is 0 Å². The summed E-state index contributed by atoms with van der Waals surface area (Å²) in [4.78, 5) is 8.56. The van der Waals surface area contributed by atoms with Crippen LogP contribution in [0.15, 0.2) is 18.2 Å². The minimum Gasteiger partial charge on any atom is -0.233 e. The first-order valence-electron chi connectivity index (χ1n) is 5.24. The van der Waals surface area contributed by atoms with Gasteiger partial charge in [0, 0.05) is 16.8 Å². The van der Waals surface area contributed by atoms with Crippen molar-refractivity contribution in [2.75, 3.05) is 0 Å². The molecule has 0 saturated carbocycles. The standard InChI is InChI=1S/C13H9Cl2N3/c1-7-8(2)17-13(18-11(7)6-16)9-4-3-5-10(14)12(9)15/h3-5H,1-2H3. The number of nitrogens with zero attached hydrogens (tertiary/aromatic N) is 3. The minimum atomic E-state index is 0.355. The summed E-state index contributed by atoms with van der Waals surface area (Å²) >= 11 is 12.1. The van der Waals surface area contributed by atoms with E-state index in [1.807, 2.05) is 13.8 Å². The fraction of sp³-hybridized carbons (Fsp3) is 0.154. The number of hydrogen-bond acceptors (Lipinski definition) is 3. The van der Waals surface area contributed by atoms with Gasteiger partial charge in [0.15, 0.2) is 5.82 Å². The van der Waals surface area contributed by atoms with Crippen LogP contribution in [0.2, 0.25) is 10.0 Å². The lowest BCUT2D eigenvalue weighted by Gasteiger charge is -2.08. The second kappa shape index (κ2) is 4.93. The quantitative estimate of drug-likeness (QED) is 0.793. The molecule has 0 aliphatic heterocycles. The van der Waals surface area contributed by atoms with E-state index in [1.54, 1.807) is 18.2 Å². The summed E-state index contributed by atoms with van der Waals surface area (Å²) in [5.41, 5.74) is 2.52. The molecule has 0 saturated heterocycles. The fourth-order valence-corrected chi connectivity index (χ4v) is 1.92. The lowest BCUT2D eigenvalue weighted by molar-refractivity contribution is 1.05. The first kappa shape index (κ1) is 12.8. The molecule has 0 fully saturated rings. The Kier molecular flexibility index (Phi) is 3.51. The Morgan fingerprint density at radius 2 is 1.89 bits per heavy atom. The first-order valence-corrected chi connectivity index (χ1v) is 6.00. The molecule has 0 unspecified atom stereocenters. The Hall–Kier alpha value is -1.63. The first-order chi connectivity index (χ1) is 8.54. The van der Waals surface area contributed by atoms with Gasteiger partial charge in [0.2, 0.25) is 0 Å². The number of aryl methyl sites for hydroxylation is 1. The van der Waals surface area contributed by atoms with Crippen LogP contribution < -0.4 is 0 Å². The average Bonchev–Trinajstić information content (AvgIpc) is 2.36. The molecule has 0 aliphatic rings. The zero-order valence-electron chi connectivity index (χ0n) is 9.83. The van der Waals surface area contributed by atoms with E-state index >= 15 is 0 Å². The molecule has 0 amide bonds. The van der Waals surface area contributed by atoms with Gasteiger partial charge in [0.1, 0.15) is 11.8 Å². The number of halogens is 2. The van der Waals surface area contributed by atoms with Gasteiger partial charge in [-0.3, -0.25) is 0 Å². The molecule has 0 radical (unpaired) electrons. The third-order valence-electron chi connectivity index (χ3n) is 2.69. The summed E-state index contributed by atoms with van der Waals surface area (Å²) in [5, 5.41) is 9.87. The van der Waals surface area contributed by atoms with Crippen molar-refractivity contribution in [3.05, 3.63) is 45.2 Å². The van der Waals surface area contributed by atoms with Crippen LogP contribution in [-0.4, -0.2) is 9.97 Å². The molecule has 0 atom stereocenters. The highest BCUT2D eigenvalue weighted by Gasteiger charge is 2.13. The smallest absolute Gasteiger partial charge is 0.162 e. The van der Waals surface area contributed by atoms with Gasteiger partial charge in [-0.1, -0.05) is 29.3 Å². The Bertz CT molecular complexity index is 660. The number of rotatable bonds is 1. The van der Waals surface area contributed by atoms with Gasteiger partial charge in [-0.05, 0) is 26.0 Å². The maximum atomic E-state index is 9.04. The lowest BCUT2D eigenvalue weighted by atomic mass is 10.1. The van der Waals surface area contributed by atoms with Crippen molar-refractivity contribution in [1.29, 1.82) is 5.26 Å². The largest absolute Gasteiger partial charge is 0.233 e. The van der Waals surface area contributed by atoms with E-state index in [9.17, 15) is 0 Å². The van der Waals surface area contributed by atoms with Crippen molar-refractivity contribution in [2.45, 2.75) is 13.8 Å². The van der Waals surface area contributed by atoms with E-state index < -0.39 is 0 Å². The Labute approximate surface area is 115 Å². The summed E-state index contributed by atoms with van der Waals surface area (Å²) in [5.74, 6) is 0.419. The lowest BCUT2D eigenvalue weighted by Crippen LogP contribution is -2.00. The fourth-order valence-electron chi connectivity index (χ4n) is 1.53. The molecular formula is C13H9Cl2N3. The van der Waals surface area contributed by atoms with Gasteiger partial charge in [-0.2, -0.15) is 5.26 Å². The average molecular weight is 278 g/mol. The predicted molar refractivity (Wildman–Crippen MR) is 71.7 cm³/mol. The summed E-state index contributed by atoms with van der Waals surface area (Å²) in [6, 6.07) is 7.30. The van der Waals surface area contributed by atoms with Gasteiger partial charge in [-0.15, -0.1) is 0 Å². The Morgan fingerprint density at radius 3 is 2.56 bits per heavy atom. The predicted octanol–water partition coefficient (Wildman–Crippen LogP) is 3.94. The zero-order chi connectivity index (χ0) is 13.3. The van der Waals surface area contributed by atoms with E-state index in [4.69, 9.17) is 28.5 Å². The molecule has 1 aromatic carbocycles. The van der Waals surface area contributed by atoms with Crippen LogP contribution >= 0.6 is 23.2 Å². The van der Waals surface area contributed by atoms with E-state index in [1.165, 1.54) is 0 Å². The molecular weight excluding hydrogens is 269 g/mol. The third-order valence-corrected chi connectivity index (χ3v) is 3.51. The summed E-state index contributed by atoms with van der Waals surface area (Å²) in [6.45, 7) is 3.65. The molecule has 0 N–H and O–H groups in total. The van der Waals surface area contributed by atoms with Crippen molar-refractivity contribution >= 4 is 23.2 Å². The zero-order valence-corrected chi connectivity index (χ0v) is 11.3. The highest BCUT2D eigenvalue weighted by molar-refractivity contribution is 6.43. The van der Waals surface area contributed by atoms with E-state index in [2.05, 4.69) is 16.0 Å². The van der Waals surface area contributed by atoms with Gasteiger partial charge < -0.3 is 0 Å². The van der Waals surface area contributed by atoms with Crippen LogP contribution in [0.5, 0.6) is 0 Å². The van der Waals surface area contributed by atoms with Gasteiger partial charge in [0.25, 0.3) is 0 Å². The molecule has 2 rings (SSSR count). The second-order valence-electron chi connectivity index (χ2n) is 3.82. The Balaban J connectivity index is 2.69. The van der Waals surface area contributed by atoms with Crippen LogP contribution in [0.3, 0.4) is 0 Å². The number of benzene rings is 1. The molecule has 2 aromatic rings. The van der Waals surface area contributed by atoms with Crippen LogP contribution in [0.1, 0.15) is 17.0 Å². The second-order valence-corrected chi connectivity index (χ2v) is 4.60. The molecule has 3 nitrogen and oxygen atoms in total. The summed E-state index contributed by atoms with van der Waals surface area (Å²) in [6.07, 6.45) is 0. The van der Waals surface area contributed by atoms with E-state index in [0.717, 1.165) is 11.3 Å². The molecule has 0 aliphatic carbocycles. The van der Waals surface area contributed by atoms with E-state index in [0.29, 0.717) is 27.1 Å². The number of hydrogen-bond donors (Lipinski definition) is 0.